The van der Waals surface area contributed by atoms with E-state index in [1.165, 1.54) is 6.33 Å². The number of carbonyl (C=O) groups excluding carboxylic acids is 1. The Bertz CT molecular complexity index is 1160. The lowest BCUT2D eigenvalue weighted by Gasteiger charge is -2.28. The SMILES string of the molecule is Cc1cc(NC(=O)c2cn(C(C)(C)c3ccccc3)c3ncnc(N)c23)n[nH]1. The molecular formula is C20H21N7O. The molecule has 0 spiro atoms. The van der Waals surface area contributed by atoms with Gasteiger partial charge in [-0.15, -0.1) is 0 Å². The number of nitrogen functional groups attached to an aromatic ring is 1. The zero-order valence-corrected chi connectivity index (χ0v) is 15.9. The quantitative estimate of drug-likeness (QED) is 0.507. The number of benzene rings is 1. The molecule has 8 heteroatoms. The summed E-state index contributed by atoms with van der Waals surface area (Å²) in [6, 6.07) is 11.8. The summed E-state index contributed by atoms with van der Waals surface area (Å²) in [5.41, 5.74) is 8.60. The summed E-state index contributed by atoms with van der Waals surface area (Å²) in [6.45, 7) is 6.00. The highest BCUT2D eigenvalue weighted by Gasteiger charge is 2.29. The number of nitrogens with two attached hydrogens (primary N) is 1. The highest BCUT2D eigenvalue weighted by atomic mass is 16.1. The van der Waals surface area contributed by atoms with Crippen LogP contribution in [0.5, 0.6) is 0 Å². The van der Waals surface area contributed by atoms with Crippen molar-refractivity contribution in [1.29, 1.82) is 0 Å². The number of anilines is 2. The van der Waals surface area contributed by atoms with Gasteiger partial charge in [-0.25, -0.2) is 9.97 Å². The van der Waals surface area contributed by atoms with Gasteiger partial charge in [0.25, 0.3) is 5.91 Å². The molecule has 3 aromatic heterocycles. The van der Waals surface area contributed by atoms with Crippen molar-refractivity contribution in [2.45, 2.75) is 26.3 Å². The fraction of sp³-hybridized carbons (Fsp3) is 0.200. The smallest absolute Gasteiger partial charge is 0.259 e. The lowest BCUT2D eigenvalue weighted by Crippen LogP contribution is -2.27. The normalized spacial score (nSPS) is 11.7. The monoisotopic (exact) mass is 375 g/mol. The number of nitrogens with one attached hydrogen (secondary N) is 2. The number of H-pyrrole nitrogens is 1. The van der Waals surface area contributed by atoms with Crippen molar-refractivity contribution in [1.82, 2.24) is 24.7 Å². The van der Waals surface area contributed by atoms with Crippen molar-refractivity contribution in [3.05, 3.63) is 65.7 Å². The zero-order chi connectivity index (χ0) is 19.9. The molecule has 0 aliphatic rings. The Labute approximate surface area is 161 Å². The number of amides is 1. The molecule has 4 aromatic rings. The van der Waals surface area contributed by atoms with Gasteiger partial charge in [-0.1, -0.05) is 30.3 Å². The van der Waals surface area contributed by atoms with E-state index in [0.29, 0.717) is 22.4 Å². The first kappa shape index (κ1) is 17.7. The van der Waals surface area contributed by atoms with Crippen LogP contribution in [0.1, 0.15) is 35.5 Å². The molecule has 0 saturated heterocycles. The van der Waals surface area contributed by atoms with Gasteiger partial charge in [0.05, 0.1) is 16.5 Å². The summed E-state index contributed by atoms with van der Waals surface area (Å²) in [4.78, 5) is 21.5. The summed E-state index contributed by atoms with van der Waals surface area (Å²) >= 11 is 0. The van der Waals surface area contributed by atoms with Gasteiger partial charge in [-0.05, 0) is 26.3 Å². The third-order valence-electron chi connectivity index (χ3n) is 4.89. The van der Waals surface area contributed by atoms with Crippen LogP contribution < -0.4 is 11.1 Å². The van der Waals surface area contributed by atoms with Gasteiger partial charge in [0, 0.05) is 18.0 Å². The Morgan fingerprint density at radius 2 is 1.96 bits per heavy atom. The molecule has 4 N–H and O–H groups in total. The van der Waals surface area contributed by atoms with Crippen LogP contribution >= 0.6 is 0 Å². The Morgan fingerprint density at radius 1 is 1.21 bits per heavy atom. The second-order valence-corrected chi connectivity index (χ2v) is 7.19. The minimum atomic E-state index is -0.457. The maximum absolute atomic E-state index is 13.0. The number of hydrogen-bond acceptors (Lipinski definition) is 5. The van der Waals surface area contributed by atoms with E-state index in [1.54, 1.807) is 12.3 Å². The maximum atomic E-state index is 13.0. The highest BCUT2D eigenvalue weighted by Crippen LogP contribution is 2.33. The molecule has 1 amide bonds. The van der Waals surface area contributed by atoms with Gasteiger partial charge in [0.15, 0.2) is 5.82 Å². The van der Waals surface area contributed by atoms with Crippen LogP contribution in [0.25, 0.3) is 11.0 Å². The molecule has 1 aromatic carbocycles. The summed E-state index contributed by atoms with van der Waals surface area (Å²) < 4.78 is 1.96. The second kappa shape index (κ2) is 6.49. The molecule has 0 atom stereocenters. The van der Waals surface area contributed by atoms with Crippen molar-refractivity contribution in [2.24, 2.45) is 0 Å². The van der Waals surface area contributed by atoms with Crippen molar-refractivity contribution in [3.8, 4) is 0 Å². The van der Waals surface area contributed by atoms with Gasteiger partial charge >= 0.3 is 0 Å². The van der Waals surface area contributed by atoms with Crippen molar-refractivity contribution < 1.29 is 4.79 Å². The number of rotatable bonds is 4. The van der Waals surface area contributed by atoms with Gasteiger partial charge in [0.1, 0.15) is 17.8 Å². The van der Waals surface area contributed by atoms with Crippen LogP contribution in [-0.4, -0.2) is 30.6 Å². The number of fused-ring (bicyclic) bond motifs is 1. The molecule has 3 heterocycles. The van der Waals surface area contributed by atoms with Gasteiger partial charge in [-0.3, -0.25) is 9.89 Å². The predicted octanol–water partition coefficient (Wildman–Crippen LogP) is 3.08. The van der Waals surface area contributed by atoms with Gasteiger partial charge < -0.3 is 15.6 Å². The number of carbonyl (C=O) groups is 1. The number of aromatic nitrogens is 5. The van der Waals surface area contributed by atoms with Crippen molar-refractivity contribution >= 4 is 28.6 Å². The molecule has 0 aliphatic heterocycles. The van der Waals surface area contributed by atoms with Gasteiger partial charge in [0.2, 0.25) is 0 Å². The van der Waals surface area contributed by atoms with E-state index >= 15 is 0 Å². The molecule has 0 radical (unpaired) electrons. The Balaban J connectivity index is 1.86. The number of aryl methyl sites for hydroxylation is 1. The van der Waals surface area contributed by atoms with Crippen LogP contribution in [0.4, 0.5) is 11.6 Å². The predicted molar refractivity (Wildman–Crippen MR) is 108 cm³/mol. The van der Waals surface area contributed by atoms with Crippen molar-refractivity contribution in [2.75, 3.05) is 11.1 Å². The van der Waals surface area contributed by atoms with E-state index in [0.717, 1.165) is 11.3 Å². The number of nitrogens with zero attached hydrogens (tertiary/aromatic N) is 4. The lowest BCUT2D eigenvalue weighted by atomic mass is 9.94. The Hall–Kier alpha value is -3.68. The van der Waals surface area contributed by atoms with Crippen LogP contribution in [-0.2, 0) is 5.54 Å². The molecule has 142 valence electrons. The summed E-state index contributed by atoms with van der Waals surface area (Å²) in [5.74, 6) is 0.387. The van der Waals surface area contributed by atoms with Crippen LogP contribution in [0.15, 0.2) is 48.9 Å². The number of aromatic amines is 1. The third-order valence-corrected chi connectivity index (χ3v) is 4.89. The largest absolute Gasteiger partial charge is 0.383 e. The van der Waals surface area contributed by atoms with Crippen molar-refractivity contribution in [3.63, 3.8) is 0 Å². The lowest BCUT2D eigenvalue weighted by molar-refractivity contribution is 0.102. The van der Waals surface area contributed by atoms with Gasteiger partial charge in [-0.2, -0.15) is 5.10 Å². The molecule has 8 nitrogen and oxygen atoms in total. The second-order valence-electron chi connectivity index (χ2n) is 7.19. The fourth-order valence-electron chi connectivity index (χ4n) is 3.33. The van der Waals surface area contributed by atoms with E-state index in [-0.39, 0.29) is 11.7 Å². The molecular weight excluding hydrogens is 354 g/mol. The molecule has 28 heavy (non-hydrogen) atoms. The highest BCUT2D eigenvalue weighted by molar-refractivity contribution is 6.14. The average molecular weight is 375 g/mol. The molecule has 0 aliphatic carbocycles. The van der Waals surface area contributed by atoms with E-state index in [4.69, 9.17) is 5.73 Å². The summed E-state index contributed by atoms with van der Waals surface area (Å²) in [7, 11) is 0. The van der Waals surface area contributed by atoms with E-state index in [2.05, 4.69) is 39.3 Å². The topological polar surface area (TPSA) is 115 Å². The third kappa shape index (κ3) is 2.88. The Morgan fingerprint density at radius 3 is 2.64 bits per heavy atom. The average Bonchev–Trinajstić information content (AvgIpc) is 3.27. The number of hydrogen-bond donors (Lipinski definition) is 3. The first-order chi connectivity index (χ1) is 13.4. The standard InChI is InChI=1S/C20H21N7O/c1-12-9-15(26-25-12)24-19(28)14-10-27(18-16(14)17(21)22-11-23-18)20(2,3)13-7-5-4-6-8-13/h4-11H,1-3H3,(H2,21,22,23)(H2,24,25,26,28). The first-order valence-electron chi connectivity index (χ1n) is 8.89. The van der Waals surface area contributed by atoms with Crippen LogP contribution in [0.2, 0.25) is 0 Å². The van der Waals surface area contributed by atoms with Crippen LogP contribution in [0, 0.1) is 6.92 Å². The molecule has 0 saturated carbocycles. The summed E-state index contributed by atoms with van der Waals surface area (Å²) in [5, 5.41) is 10.2. The fourth-order valence-corrected chi connectivity index (χ4v) is 3.33. The molecule has 0 bridgehead atoms. The van der Waals surface area contributed by atoms with Crippen LogP contribution in [0.3, 0.4) is 0 Å². The minimum absolute atomic E-state index is 0.260. The zero-order valence-electron chi connectivity index (χ0n) is 15.9. The van der Waals surface area contributed by atoms with E-state index in [1.807, 2.05) is 41.8 Å². The maximum Gasteiger partial charge on any atom is 0.259 e. The molecule has 0 fully saturated rings. The minimum Gasteiger partial charge on any atom is -0.383 e. The Kier molecular flexibility index (Phi) is 4.11. The first-order valence-corrected chi connectivity index (χ1v) is 8.89. The summed E-state index contributed by atoms with van der Waals surface area (Å²) in [6.07, 6.45) is 3.19. The van der Waals surface area contributed by atoms with E-state index in [9.17, 15) is 4.79 Å². The molecule has 4 rings (SSSR count). The van der Waals surface area contributed by atoms with E-state index < -0.39 is 5.54 Å². The molecule has 0 unspecified atom stereocenters.